The number of hydrogen-bond donors (Lipinski definition) is 2. The molecule has 2 N–H and O–H groups in total. The lowest BCUT2D eigenvalue weighted by atomic mass is 9.85. The normalized spacial score (nSPS) is 22.0. The lowest BCUT2D eigenvalue weighted by Crippen LogP contribution is -2.42. The van der Waals surface area contributed by atoms with Crippen molar-refractivity contribution < 1.29 is 24.5 Å². The number of amides is 1. The molecule has 0 bridgehead atoms. The van der Waals surface area contributed by atoms with Crippen LogP contribution in [0, 0.1) is 5.92 Å². The van der Waals surface area contributed by atoms with Gasteiger partial charge < -0.3 is 19.5 Å². The smallest absolute Gasteiger partial charge is 0.414 e. The number of nitrogens with zero attached hydrogens (tertiary/aromatic N) is 4. The minimum absolute atomic E-state index is 0.0222. The Bertz CT molecular complexity index is 1580. The van der Waals surface area contributed by atoms with Crippen molar-refractivity contribution in [3.8, 4) is 0 Å². The van der Waals surface area contributed by atoms with Crippen molar-refractivity contribution in [2.45, 2.75) is 63.6 Å². The summed E-state index contributed by atoms with van der Waals surface area (Å²) in [6, 6.07) is 13.4. The fraction of sp³-hybridized carbons (Fsp3) is 0.400. The summed E-state index contributed by atoms with van der Waals surface area (Å²) in [7, 11) is 1.38. The molecule has 3 heterocycles. The van der Waals surface area contributed by atoms with Gasteiger partial charge in [0, 0.05) is 29.2 Å². The largest absolute Gasteiger partial charge is 0.481 e. The van der Waals surface area contributed by atoms with Gasteiger partial charge in [0.25, 0.3) is 0 Å². The van der Waals surface area contributed by atoms with E-state index >= 15 is 0 Å². The molecule has 39 heavy (non-hydrogen) atoms. The van der Waals surface area contributed by atoms with Gasteiger partial charge in [-0.15, -0.1) is 0 Å². The van der Waals surface area contributed by atoms with Crippen molar-refractivity contribution >= 4 is 39.6 Å². The topological polar surface area (TPSA) is 118 Å². The summed E-state index contributed by atoms with van der Waals surface area (Å²) >= 11 is 0. The Morgan fingerprint density at radius 1 is 1.10 bits per heavy atom. The summed E-state index contributed by atoms with van der Waals surface area (Å²) < 4.78 is 7.11. The molecule has 4 aromatic rings. The standard InChI is InChI=1S/C30H32N4O5/c1-17-10-11-22-24(33(17)30(38)39-2)12-13-25-26(22)32-28(34(25)21-9-5-8-19(14-21)29(36)37)27(35)23-15-18-6-3-4-7-20(18)16-31-23/h3-4,6-7,12-13,15-17,19,21,27,35H,5,8-11,14H2,1-2H3,(H,36,37)/t17-,19+,21+,27-/m0/s1. The lowest BCUT2D eigenvalue weighted by molar-refractivity contribution is -0.143. The molecule has 4 atom stereocenters. The quantitative estimate of drug-likeness (QED) is 0.365. The van der Waals surface area contributed by atoms with Crippen LogP contribution in [0.25, 0.3) is 21.8 Å². The highest BCUT2D eigenvalue weighted by Crippen LogP contribution is 2.42. The summed E-state index contributed by atoms with van der Waals surface area (Å²) in [5.41, 5.74) is 3.73. The van der Waals surface area contributed by atoms with E-state index in [4.69, 9.17) is 9.72 Å². The molecule has 2 aliphatic rings. The van der Waals surface area contributed by atoms with Gasteiger partial charge in [-0.2, -0.15) is 0 Å². The molecule has 0 unspecified atom stereocenters. The number of imidazole rings is 1. The van der Waals surface area contributed by atoms with Gasteiger partial charge in [-0.3, -0.25) is 14.7 Å². The summed E-state index contributed by atoms with van der Waals surface area (Å²) in [6.07, 6.45) is 4.39. The van der Waals surface area contributed by atoms with Gasteiger partial charge in [-0.05, 0) is 62.6 Å². The van der Waals surface area contributed by atoms with Crippen LogP contribution in [0.15, 0.2) is 48.7 Å². The third-order valence-corrected chi connectivity index (χ3v) is 8.39. The maximum atomic E-state index is 12.7. The average Bonchev–Trinajstić information content (AvgIpc) is 3.36. The van der Waals surface area contributed by atoms with E-state index in [1.807, 2.05) is 54.0 Å². The first-order chi connectivity index (χ1) is 18.9. The van der Waals surface area contributed by atoms with Crippen molar-refractivity contribution in [2.24, 2.45) is 5.92 Å². The maximum Gasteiger partial charge on any atom is 0.414 e. The summed E-state index contributed by atoms with van der Waals surface area (Å²) in [4.78, 5) is 35.8. The first kappa shape index (κ1) is 25.3. The fourth-order valence-electron chi connectivity index (χ4n) is 6.37. The van der Waals surface area contributed by atoms with Crippen LogP contribution in [-0.4, -0.2) is 50.0 Å². The number of pyridine rings is 1. The minimum atomic E-state index is -1.11. The van der Waals surface area contributed by atoms with E-state index in [0.717, 1.165) is 58.7 Å². The molecule has 0 spiro atoms. The second-order valence-corrected chi connectivity index (χ2v) is 10.7. The van der Waals surface area contributed by atoms with Crippen LogP contribution >= 0.6 is 0 Å². The number of methoxy groups -OCH3 is 1. The number of aliphatic hydroxyl groups excluding tert-OH is 1. The Hall–Kier alpha value is -3.98. The zero-order chi connectivity index (χ0) is 27.3. The van der Waals surface area contributed by atoms with Crippen LogP contribution in [0.5, 0.6) is 0 Å². The van der Waals surface area contributed by atoms with Crippen molar-refractivity contribution in [3.63, 3.8) is 0 Å². The molecule has 1 aliphatic carbocycles. The number of carbonyl (C=O) groups is 2. The van der Waals surface area contributed by atoms with Gasteiger partial charge in [-0.1, -0.05) is 30.7 Å². The van der Waals surface area contributed by atoms with Crippen molar-refractivity contribution in [1.82, 2.24) is 14.5 Å². The number of aliphatic hydroxyl groups is 1. The predicted octanol–water partition coefficient (Wildman–Crippen LogP) is 5.39. The van der Waals surface area contributed by atoms with E-state index in [1.54, 1.807) is 11.1 Å². The molecule has 2 aromatic carbocycles. The van der Waals surface area contributed by atoms with Gasteiger partial charge in [0.2, 0.25) is 0 Å². The number of carbonyl (C=O) groups excluding carboxylic acids is 1. The van der Waals surface area contributed by atoms with Gasteiger partial charge in [0.15, 0.2) is 6.10 Å². The number of carboxylic acids is 1. The van der Waals surface area contributed by atoms with Crippen LogP contribution in [0.1, 0.15) is 68.3 Å². The number of aromatic nitrogens is 3. The SMILES string of the molecule is COC(=O)N1c2ccc3c(nc([C@@H](O)c4cc5ccccc5cn4)n3[C@@H]3CCC[C@@H](C(=O)O)C3)c2CC[C@@H]1C. The molecular formula is C30H32N4O5. The molecule has 9 nitrogen and oxygen atoms in total. The molecule has 0 saturated heterocycles. The Labute approximate surface area is 226 Å². The number of benzene rings is 2. The molecule has 2 aromatic heterocycles. The highest BCUT2D eigenvalue weighted by molar-refractivity contribution is 5.95. The van der Waals surface area contributed by atoms with E-state index in [9.17, 15) is 19.8 Å². The van der Waals surface area contributed by atoms with E-state index in [1.165, 1.54) is 7.11 Å². The van der Waals surface area contributed by atoms with Gasteiger partial charge >= 0.3 is 12.1 Å². The Morgan fingerprint density at radius 2 is 1.90 bits per heavy atom. The van der Waals surface area contributed by atoms with Gasteiger partial charge in [0.05, 0.1) is 35.4 Å². The van der Waals surface area contributed by atoms with Gasteiger partial charge in [0.1, 0.15) is 5.82 Å². The molecule has 1 saturated carbocycles. The summed E-state index contributed by atoms with van der Waals surface area (Å²) in [5, 5.41) is 23.4. The molecule has 9 heteroatoms. The molecule has 6 rings (SSSR count). The zero-order valence-electron chi connectivity index (χ0n) is 22.1. The minimum Gasteiger partial charge on any atom is -0.481 e. The Morgan fingerprint density at radius 3 is 2.67 bits per heavy atom. The highest BCUT2D eigenvalue weighted by Gasteiger charge is 2.35. The molecular weight excluding hydrogens is 496 g/mol. The van der Waals surface area contributed by atoms with E-state index in [-0.39, 0.29) is 12.1 Å². The van der Waals surface area contributed by atoms with Crippen LogP contribution < -0.4 is 4.90 Å². The summed E-state index contributed by atoms with van der Waals surface area (Å²) in [6.45, 7) is 2.00. The number of anilines is 1. The van der Waals surface area contributed by atoms with E-state index < -0.39 is 24.1 Å². The van der Waals surface area contributed by atoms with Crippen molar-refractivity contribution in [3.05, 3.63) is 65.7 Å². The zero-order valence-corrected chi connectivity index (χ0v) is 22.1. The van der Waals surface area contributed by atoms with Crippen LogP contribution in [0.2, 0.25) is 0 Å². The molecule has 0 radical (unpaired) electrons. The lowest BCUT2D eigenvalue weighted by Gasteiger charge is -2.34. The van der Waals surface area contributed by atoms with Crippen LogP contribution in [0.3, 0.4) is 0 Å². The maximum absolute atomic E-state index is 12.7. The third-order valence-electron chi connectivity index (χ3n) is 8.39. The van der Waals surface area contributed by atoms with Crippen LogP contribution in [0.4, 0.5) is 10.5 Å². The molecule has 1 fully saturated rings. The first-order valence-electron chi connectivity index (χ1n) is 13.5. The average molecular weight is 529 g/mol. The van der Waals surface area contributed by atoms with E-state index in [2.05, 4.69) is 4.98 Å². The fourth-order valence-corrected chi connectivity index (χ4v) is 6.37. The van der Waals surface area contributed by atoms with Crippen LogP contribution in [-0.2, 0) is 16.0 Å². The second kappa shape index (κ2) is 9.96. The molecule has 1 aliphatic heterocycles. The highest BCUT2D eigenvalue weighted by atomic mass is 16.5. The monoisotopic (exact) mass is 528 g/mol. The third kappa shape index (κ3) is 4.30. The number of rotatable bonds is 4. The van der Waals surface area contributed by atoms with Crippen molar-refractivity contribution in [1.29, 1.82) is 0 Å². The first-order valence-corrected chi connectivity index (χ1v) is 13.5. The van der Waals surface area contributed by atoms with E-state index in [0.29, 0.717) is 24.4 Å². The number of ether oxygens (including phenoxy) is 1. The van der Waals surface area contributed by atoms with Crippen molar-refractivity contribution in [2.75, 3.05) is 12.0 Å². The molecule has 1 amide bonds. The number of carboxylic acid groups (broad SMARTS) is 1. The summed E-state index contributed by atoms with van der Waals surface area (Å²) in [5.74, 6) is -0.791. The molecule has 202 valence electrons. The second-order valence-electron chi connectivity index (χ2n) is 10.7. The number of aliphatic carboxylic acids is 1. The Kier molecular flexibility index (Phi) is 6.46. The number of aryl methyl sites for hydroxylation is 1. The number of fused-ring (bicyclic) bond motifs is 4. The Balaban J connectivity index is 1.53. The van der Waals surface area contributed by atoms with Gasteiger partial charge in [-0.25, -0.2) is 9.78 Å². The predicted molar refractivity (Wildman–Crippen MR) is 147 cm³/mol. The number of hydrogen-bond acceptors (Lipinski definition) is 6.